The van der Waals surface area contributed by atoms with Crippen molar-refractivity contribution >= 4 is 10.5 Å². The van der Waals surface area contributed by atoms with Gasteiger partial charge in [-0.1, -0.05) is 28.2 Å². The number of benzene rings is 2. The lowest BCUT2D eigenvalue weighted by Gasteiger charge is -2.25. The Bertz CT molecular complexity index is 806. The largest absolute Gasteiger partial charge is 0.497 e. The molecule has 0 N–H and O–H groups in total. The first-order chi connectivity index (χ1) is 11.9. The molecule has 1 aliphatic heterocycles. The van der Waals surface area contributed by atoms with E-state index in [4.69, 9.17) is 4.74 Å². The van der Waals surface area contributed by atoms with Crippen LogP contribution in [0.2, 0.25) is 0 Å². The van der Waals surface area contributed by atoms with E-state index in [1.54, 1.807) is 19.2 Å². The number of ether oxygens (including phenoxy) is 1. The molecule has 5 nitrogen and oxygen atoms in total. The van der Waals surface area contributed by atoms with Gasteiger partial charge in [0.05, 0.1) is 7.11 Å². The minimum atomic E-state index is -4.98. The van der Waals surface area contributed by atoms with Gasteiger partial charge in [0.15, 0.2) is 0 Å². The maximum Gasteiger partial charge on any atom is 0.488 e. The molecule has 0 saturated carbocycles. The number of halogens is 1. The first-order valence-electron chi connectivity index (χ1n) is 8.05. The normalized spacial score (nSPS) is 18.2. The van der Waals surface area contributed by atoms with Crippen LogP contribution in [0.5, 0.6) is 11.5 Å². The van der Waals surface area contributed by atoms with Crippen molar-refractivity contribution in [2.24, 2.45) is 0 Å². The highest BCUT2D eigenvalue weighted by Gasteiger charge is 2.26. The first-order valence-corrected chi connectivity index (χ1v) is 9.36. The molecule has 1 saturated heterocycles. The average Bonchev–Trinajstić information content (AvgIpc) is 3.03. The van der Waals surface area contributed by atoms with Crippen LogP contribution in [0.15, 0.2) is 48.5 Å². The highest BCUT2D eigenvalue weighted by atomic mass is 32.3. The Hall–Kier alpha value is -2.12. The van der Waals surface area contributed by atoms with Crippen molar-refractivity contribution < 1.29 is 21.2 Å². The quantitative estimate of drug-likeness (QED) is 0.732. The second kappa shape index (κ2) is 7.41. The molecule has 0 radical (unpaired) electrons. The predicted octanol–water partition coefficient (Wildman–Crippen LogP) is 3.63. The molecule has 2 aromatic carbocycles. The Labute approximate surface area is 147 Å². The average molecular weight is 365 g/mol. The third-order valence-electron chi connectivity index (χ3n) is 4.37. The SMILES string of the molecule is COc1ccc(C2CCCN2Cc2ccc(OS(=O)(=O)F)cc2)cc1. The third-order valence-corrected chi connectivity index (χ3v) is 4.76. The highest BCUT2D eigenvalue weighted by molar-refractivity contribution is 7.81. The summed E-state index contributed by atoms with van der Waals surface area (Å²) >= 11 is 0. The van der Waals surface area contributed by atoms with Crippen LogP contribution in [0.4, 0.5) is 3.89 Å². The van der Waals surface area contributed by atoms with Crippen LogP contribution in [0.25, 0.3) is 0 Å². The molecule has 3 rings (SSSR count). The Morgan fingerprint density at radius 1 is 1.08 bits per heavy atom. The van der Waals surface area contributed by atoms with E-state index in [1.165, 1.54) is 17.7 Å². The lowest BCUT2D eigenvalue weighted by atomic mass is 10.0. The van der Waals surface area contributed by atoms with E-state index >= 15 is 0 Å². The second-order valence-electron chi connectivity index (χ2n) is 6.02. The number of methoxy groups -OCH3 is 1. The maximum absolute atomic E-state index is 12.5. The summed E-state index contributed by atoms with van der Waals surface area (Å²) in [5, 5.41) is 0. The van der Waals surface area contributed by atoms with E-state index in [0.717, 1.165) is 37.2 Å². The summed E-state index contributed by atoms with van der Waals surface area (Å²) < 4.78 is 43.0. The molecule has 134 valence electrons. The zero-order valence-electron chi connectivity index (χ0n) is 13.9. The Morgan fingerprint density at radius 2 is 1.72 bits per heavy atom. The van der Waals surface area contributed by atoms with E-state index in [9.17, 15) is 12.3 Å². The van der Waals surface area contributed by atoms with Crippen molar-refractivity contribution in [3.63, 3.8) is 0 Å². The topological polar surface area (TPSA) is 55.8 Å². The second-order valence-corrected chi connectivity index (χ2v) is 6.97. The van der Waals surface area contributed by atoms with Crippen molar-refractivity contribution in [1.29, 1.82) is 0 Å². The third kappa shape index (κ3) is 4.70. The summed E-state index contributed by atoms with van der Waals surface area (Å²) in [6.45, 7) is 1.73. The van der Waals surface area contributed by atoms with Crippen LogP contribution in [-0.4, -0.2) is 27.0 Å². The smallest absolute Gasteiger partial charge is 0.488 e. The van der Waals surface area contributed by atoms with Gasteiger partial charge in [-0.25, -0.2) is 0 Å². The predicted molar refractivity (Wildman–Crippen MR) is 92.5 cm³/mol. The van der Waals surface area contributed by atoms with Gasteiger partial charge in [-0.05, 0) is 54.8 Å². The van der Waals surface area contributed by atoms with E-state index in [1.807, 2.05) is 12.1 Å². The van der Waals surface area contributed by atoms with Gasteiger partial charge in [0.1, 0.15) is 11.5 Å². The molecule has 0 spiro atoms. The molecule has 1 aliphatic rings. The van der Waals surface area contributed by atoms with Crippen LogP contribution >= 0.6 is 0 Å². The van der Waals surface area contributed by atoms with Gasteiger partial charge in [-0.3, -0.25) is 4.90 Å². The van der Waals surface area contributed by atoms with Gasteiger partial charge >= 0.3 is 10.5 Å². The van der Waals surface area contributed by atoms with Gasteiger partial charge in [0, 0.05) is 12.6 Å². The summed E-state index contributed by atoms with van der Waals surface area (Å²) in [6.07, 6.45) is 2.21. The van der Waals surface area contributed by atoms with Crippen molar-refractivity contribution in [1.82, 2.24) is 4.90 Å². The summed E-state index contributed by atoms with van der Waals surface area (Å²) in [5.41, 5.74) is 2.27. The van der Waals surface area contributed by atoms with E-state index < -0.39 is 10.5 Å². The van der Waals surface area contributed by atoms with Crippen LogP contribution in [0.1, 0.15) is 30.0 Å². The number of hydrogen-bond donors (Lipinski definition) is 0. The molecule has 2 aromatic rings. The maximum atomic E-state index is 12.5. The fourth-order valence-electron chi connectivity index (χ4n) is 3.22. The first kappa shape index (κ1) is 17.7. The molecule has 0 bridgehead atoms. The molecule has 25 heavy (non-hydrogen) atoms. The van der Waals surface area contributed by atoms with Crippen molar-refractivity contribution in [2.45, 2.75) is 25.4 Å². The molecule has 1 fully saturated rings. The van der Waals surface area contributed by atoms with Crippen LogP contribution < -0.4 is 8.92 Å². The Kier molecular flexibility index (Phi) is 5.24. The number of rotatable bonds is 6. The molecule has 0 aliphatic carbocycles. The van der Waals surface area contributed by atoms with Crippen molar-refractivity contribution in [2.75, 3.05) is 13.7 Å². The lowest BCUT2D eigenvalue weighted by molar-refractivity contribution is 0.248. The molecule has 1 unspecified atom stereocenters. The lowest BCUT2D eigenvalue weighted by Crippen LogP contribution is -2.22. The van der Waals surface area contributed by atoms with Gasteiger partial charge in [-0.15, -0.1) is 0 Å². The van der Waals surface area contributed by atoms with Gasteiger partial charge in [0.2, 0.25) is 0 Å². The number of nitrogens with zero attached hydrogens (tertiary/aromatic N) is 1. The zero-order chi connectivity index (χ0) is 17.9. The minimum absolute atomic E-state index is 0.0284. The minimum Gasteiger partial charge on any atom is -0.497 e. The Morgan fingerprint density at radius 3 is 2.32 bits per heavy atom. The molecule has 1 atom stereocenters. The highest BCUT2D eigenvalue weighted by Crippen LogP contribution is 2.34. The molecule has 1 heterocycles. The molecular formula is C18H20FNO4S. The number of hydrogen-bond acceptors (Lipinski definition) is 5. The van der Waals surface area contributed by atoms with E-state index in [-0.39, 0.29) is 5.75 Å². The molecule has 0 amide bonds. The van der Waals surface area contributed by atoms with E-state index in [2.05, 4.69) is 21.2 Å². The zero-order valence-corrected chi connectivity index (χ0v) is 14.7. The Balaban J connectivity index is 1.68. The molecule has 0 aromatic heterocycles. The fourth-order valence-corrected chi connectivity index (χ4v) is 3.56. The van der Waals surface area contributed by atoms with E-state index in [0.29, 0.717) is 6.04 Å². The summed E-state index contributed by atoms with van der Waals surface area (Å²) in [6, 6.07) is 14.9. The van der Waals surface area contributed by atoms with Crippen molar-refractivity contribution in [3.8, 4) is 11.5 Å². The summed E-state index contributed by atoms with van der Waals surface area (Å²) in [4.78, 5) is 2.38. The van der Waals surface area contributed by atoms with Crippen LogP contribution in [0, 0.1) is 0 Å². The molecule has 7 heteroatoms. The van der Waals surface area contributed by atoms with Crippen molar-refractivity contribution in [3.05, 3.63) is 59.7 Å². The van der Waals surface area contributed by atoms with Crippen LogP contribution in [-0.2, 0) is 17.0 Å². The molecular weight excluding hydrogens is 345 g/mol. The van der Waals surface area contributed by atoms with Gasteiger partial charge in [0.25, 0.3) is 0 Å². The summed E-state index contributed by atoms with van der Waals surface area (Å²) in [5.74, 6) is 0.811. The monoisotopic (exact) mass is 365 g/mol. The number of likely N-dealkylation sites (tertiary alicyclic amines) is 1. The van der Waals surface area contributed by atoms with Gasteiger partial charge < -0.3 is 8.92 Å². The summed E-state index contributed by atoms with van der Waals surface area (Å²) in [7, 11) is -3.33. The van der Waals surface area contributed by atoms with Crippen LogP contribution in [0.3, 0.4) is 0 Å². The van der Waals surface area contributed by atoms with Gasteiger partial charge in [-0.2, -0.15) is 8.42 Å². The fraction of sp³-hybridized carbons (Fsp3) is 0.333. The standard InChI is InChI=1S/C18H20FNO4S/c1-23-16-10-6-15(7-11-16)18-3-2-12-20(18)13-14-4-8-17(9-5-14)24-25(19,21)22/h4-11,18H,2-3,12-13H2,1H3.